The Morgan fingerprint density at radius 1 is 1.44 bits per heavy atom. The smallest absolute Gasteiger partial charge is 0.305 e. The normalized spacial score (nSPS) is 19.1. The van der Waals surface area contributed by atoms with Gasteiger partial charge in [0.1, 0.15) is 0 Å². The number of carbonyl (C=O) groups excluding carboxylic acids is 1. The average Bonchev–Trinajstić information content (AvgIpc) is 2.26. The summed E-state index contributed by atoms with van der Waals surface area (Å²) in [5.41, 5.74) is 5.44. The third-order valence-corrected chi connectivity index (χ3v) is 3.69. The van der Waals surface area contributed by atoms with Crippen LogP contribution in [0.4, 0.5) is 0 Å². The molecule has 0 saturated carbocycles. The summed E-state index contributed by atoms with van der Waals surface area (Å²) < 4.78 is 0. The van der Waals surface area contributed by atoms with E-state index in [9.17, 15) is 9.59 Å². The second-order valence-electron chi connectivity index (χ2n) is 4.01. The maximum atomic E-state index is 11.4. The maximum absolute atomic E-state index is 11.4. The quantitative estimate of drug-likeness (QED) is 0.637. The van der Waals surface area contributed by atoms with Gasteiger partial charge in [-0.25, -0.2) is 0 Å². The number of nitrogens with one attached hydrogen (secondary N) is 1. The van der Waals surface area contributed by atoms with Crippen LogP contribution in [0, 0.1) is 5.92 Å². The molecule has 1 rings (SSSR count). The number of thioether (sulfide) groups is 1. The van der Waals surface area contributed by atoms with Crippen LogP contribution in [0.2, 0.25) is 0 Å². The Bertz CT molecular complexity index is 254. The monoisotopic (exact) mass is 246 g/mol. The van der Waals surface area contributed by atoms with E-state index >= 15 is 0 Å². The fraction of sp³-hybridized carbons (Fsp3) is 0.800. The van der Waals surface area contributed by atoms with E-state index in [0.29, 0.717) is 12.5 Å². The van der Waals surface area contributed by atoms with Gasteiger partial charge in [-0.15, -0.1) is 0 Å². The Morgan fingerprint density at radius 3 is 2.62 bits per heavy atom. The Morgan fingerprint density at radius 2 is 2.06 bits per heavy atom. The van der Waals surface area contributed by atoms with Crippen LogP contribution in [0.25, 0.3) is 0 Å². The number of carboxylic acids is 1. The number of nitrogens with two attached hydrogens (primary N) is 1. The minimum atomic E-state index is -1.04. The van der Waals surface area contributed by atoms with E-state index in [4.69, 9.17) is 10.8 Å². The van der Waals surface area contributed by atoms with E-state index in [1.54, 1.807) is 0 Å². The van der Waals surface area contributed by atoms with Crippen molar-refractivity contribution >= 4 is 23.6 Å². The molecule has 0 aromatic carbocycles. The number of hydrogen-bond acceptors (Lipinski definition) is 4. The molecule has 1 aliphatic heterocycles. The fourth-order valence-corrected chi connectivity index (χ4v) is 2.81. The van der Waals surface area contributed by atoms with Crippen molar-refractivity contribution in [3.05, 3.63) is 0 Å². The molecule has 0 aromatic heterocycles. The molecule has 1 aliphatic rings. The van der Waals surface area contributed by atoms with E-state index < -0.39 is 12.0 Å². The first-order valence-electron chi connectivity index (χ1n) is 5.42. The number of carbonyl (C=O) groups is 2. The molecule has 92 valence electrons. The van der Waals surface area contributed by atoms with Gasteiger partial charge in [0.25, 0.3) is 0 Å². The summed E-state index contributed by atoms with van der Waals surface area (Å²) >= 11 is 1.93. The highest BCUT2D eigenvalue weighted by Gasteiger charge is 2.19. The predicted molar refractivity (Wildman–Crippen MR) is 63.3 cm³/mol. The van der Waals surface area contributed by atoms with Crippen molar-refractivity contribution in [1.82, 2.24) is 5.32 Å². The molecule has 1 fully saturated rings. The lowest BCUT2D eigenvalue weighted by Gasteiger charge is -2.22. The zero-order chi connectivity index (χ0) is 12.0. The van der Waals surface area contributed by atoms with Crippen molar-refractivity contribution in [2.24, 2.45) is 11.7 Å². The SMILES string of the molecule is NC(CC(=O)O)C(=O)NCC1CCSCC1. The van der Waals surface area contributed by atoms with Crippen molar-refractivity contribution in [1.29, 1.82) is 0 Å². The lowest BCUT2D eigenvalue weighted by Crippen LogP contribution is -2.43. The molecule has 0 bridgehead atoms. The molecule has 0 radical (unpaired) electrons. The highest BCUT2D eigenvalue weighted by molar-refractivity contribution is 7.99. The summed E-state index contributed by atoms with van der Waals surface area (Å²) in [6.45, 7) is 0.618. The van der Waals surface area contributed by atoms with Gasteiger partial charge in [-0.05, 0) is 30.3 Å². The highest BCUT2D eigenvalue weighted by Crippen LogP contribution is 2.21. The van der Waals surface area contributed by atoms with Crippen LogP contribution in [-0.2, 0) is 9.59 Å². The van der Waals surface area contributed by atoms with Gasteiger partial charge in [-0.2, -0.15) is 11.8 Å². The van der Waals surface area contributed by atoms with Gasteiger partial charge in [0.15, 0.2) is 0 Å². The van der Waals surface area contributed by atoms with Crippen molar-refractivity contribution in [3.63, 3.8) is 0 Å². The van der Waals surface area contributed by atoms with Crippen LogP contribution < -0.4 is 11.1 Å². The van der Waals surface area contributed by atoms with Gasteiger partial charge in [-0.1, -0.05) is 0 Å². The molecule has 1 unspecified atom stereocenters. The topological polar surface area (TPSA) is 92.4 Å². The van der Waals surface area contributed by atoms with E-state index in [-0.39, 0.29) is 12.3 Å². The lowest BCUT2D eigenvalue weighted by atomic mass is 10.0. The lowest BCUT2D eigenvalue weighted by molar-refractivity contribution is -0.139. The molecule has 16 heavy (non-hydrogen) atoms. The third kappa shape index (κ3) is 4.85. The molecule has 1 atom stereocenters. The van der Waals surface area contributed by atoms with Crippen LogP contribution in [0.5, 0.6) is 0 Å². The van der Waals surface area contributed by atoms with Gasteiger partial charge < -0.3 is 16.2 Å². The van der Waals surface area contributed by atoms with Gasteiger partial charge >= 0.3 is 5.97 Å². The van der Waals surface area contributed by atoms with Crippen molar-refractivity contribution in [2.75, 3.05) is 18.1 Å². The number of rotatable bonds is 5. The second kappa shape index (κ2) is 6.75. The summed E-state index contributed by atoms with van der Waals surface area (Å²) in [5, 5.41) is 11.2. The molecule has 0 spiro atoms. The number of aliphatic carboxylic acids is 1. The molecule has 1 heterocycles. The van der Waals surface area contributed by atoms with Crippen LogP contribution in [-0.4, -0.2) is 41.1 Å². The molecule has 6 heteroatoms. The average molecular weight is 246 g/mol. The summed E-state index contributed by atoms with van der Waals surface area (Å²) in [7, 11) is 0. The zero-order valence-corrected chi connectivity index (χ0v) is 9.96. The first-order chi connectivity index (χ1) is 7.59. The summed E-state index contributed by atoms with van der Waals surface area (Å²) in [5.74, 6) is 1.39. The number of amides is 1. The van der Waals surface area contributed by atoms with Gasteiger partial charge in [0.05, 0.1) is 12.5 Å². The Kier molecular flexibility index (Phi) is 5.62. The zero-order valence-electron chi connectivity index (χ0n) is 9.15. The van der Waals surface area contributed by atoms with Crippen LogP contribution >= 0.6 is 11.8 Å². The van der Waals surface area contributed by atoms with E-state index in [0.717, 1.165) is 24.3 Å². The molecule has 1 saturated heterocycles. The molecular formula is C10H18N2O3S. The van der Waals surface area contributed by atoms with Crippen LogP contribution in [0.15, 0.2) is 0 Å². The Hall–Kier alpha value is -0.750. The molecule has 4 N–H and O–H groups in total. The first kappa shape index (κ1) is 13.3. The third-order valence-electron chi connectivity index (χ3n) is 2.64. The standard InChI is InChI=1S/C10H18N2O3S/c11-8(5-9(13)14)10(15)12-6-7-1-3-16-4-2-7/h7-8H,1-6,11H2,(H,12,15)(H,13,14). The minimum Gasteiger partial charge on any atom is -0.481 e. The van der Waals surface area contributed by atoms with E-state index in [1.807, 2.05) is 11.8 Å². The Labute approximate surface area is 99.1 Å². The van der Waals surface area contributed by atoms with Gasteiger partial charge in [-0.3, -0.25) is 9.59 Å². The number of carboxylic acid groups (broad SMARTS) is 1. The largest absolute Gasteiger partial charge is 0.481 e. The van der Waals surface area contributed by atoms with Crippen molar-refractivity contribution in [2.45, 2.75) is 25.3 Å². The van der Waals surface area contributed by atoms with Crippen LogP contribution in [0.1, 0.15) is 19.3 Å². The highest BCUT2D eigenvalue weighted by atomic mass is 32.2. The summed E-state index contributed by atoms with van der Waals surface area (Å²) in [6.07, 6.45) is 1.91. The van der Waals surface area contributed by atoms with Crippen molar-refractivity contribution < 1.29 is 14.7 Å². The molecular weight excluding hydrogens is 228 g/mol. The molecule has 0 aromatic rings. The van der Waals surface area contributed by atoms with Gasteiger partial charge in [0, 0.05) is 6.54 Å². The minimum absolute atomic E-state index is 0.313. The molecule has 1 amide bonds. The van der Waals surface area contributed by atoms with Crippen LogP contribution in [0.3, 0.4) is 0 Å². The molecule has 0 aliphatic carbocycles. The maximum Gasteiger partial charge on any atom is 0.305 e. The predicted octanol–water partition coefficient (Wildman–Crippen LogP) is 0.0478. The van der Waals surface area contributed by atoms with E-state index in [1.165, 1.54) is 0 Å². The second-order valence-corrected chi connectivity index (χ2v) is 5.23. The fourth-order valence-electron chi connectivity index (χ4n) is 1.61. The Balaban J connectivity index is 2.20. The van der Waals surface area contributed by atoms with Crippen molar-refractivity contribution in [3.8, 4) is 0 Å². The number of hydrogen-bond donors (Lipinski definition) is 3. The first-order valence-corrected chi connectivity index (χ1v) is 6.58. The van der Waals surface area contributed by atoms with Gasteiger partial charge in [0.2, 0.25) is 5.91 Å². The molecule has 5 nitrogen and oxygen atoms in total. The summed E-state index contributed by atoms with van der Waals surface area (Å²) in [6, 6.07) is -0.935. The summed E-state index contributed by atoms with van der Waals surface area (Å²) in [4.78, 5) is 21.8. The van der Waals surface area contributed by atoms with E-state index in [2.05, 4.69) is 5.32 Å².